The Labute approximate surface area is 94.3 Å². The SMILES string of the molecule is CC(=O)O.CC(C)(C=C(Cl)Cl)CCO. The molecular formula is C9H16Cl2O3. The average molecular weight is 243 g/mol. The van der Waals surface area contributed by atoms with E-state index >= 15 is 0 Å². The number of carboxylic acid groups (broad SMARTS) is 1. The van der Waals surface area contributed by atoms with Crippen molar-refractivity contribution in [3.63, 3.8) is 0 Å². The van der Waals surface area contributed by atoms with Crippen LogP contribution in [0.2, 0.25) is 0 Å². The minimum atomic E-state index is -0.833. The van der Waals surface area contributed by atoms with E-state index in [0.717, 1.165) is 6.92 Å². The third-order valence-electron chi connectivity index (χ3n) is 1.26. The average Bonchev–Trinajstić information content (AvgIpc) is 1.80. The van der Waals surface area contributed by atoms with Gasteiger partial charge in [-0.3, -0.25) is 4.79 Å². The minimum absolute atomic E-state index is 0.104. The molecule has 0 saturated carbocycles. The quantitative estimate of drug-likeness (QED) is 0.801. The molecule has 3 nitrogen and oxygen atoms in total. The number of carboxylic acids is 1. The molecule has 0 aliphatic carbocycles. The second kappa shape index (κ2) is 8.09. The predicted octanol–water partition coefficient (Wildman–Crippen LogP) is 2.80. The van der Waals surface area contributed by atoms with Crippen LogP contribution in [0.4, 0.5) is 0 Å². The Hall–Kier alpha value is -0.250. The number of aliphatic hydroxyl groups excluding tert-OH is 1. The van der Waals surface area contributed by atoms with Crippen LogP contribution in [-0.2, 0) is 4.79 Å². The smallest absolute Gasteiger partial charge is 0.300 e. The first kappa shape index (κ1) is 16.2. The summed E-state index contributed by atoms with van der Waals surface area (Å²) in [4.78, 5) is 9.00. The molecule has 0 aromatic rings. The Morgan fingerprint density at radius 2 is 1.79 bits per heavy atom. The van der Waals surface area contributed by atoms with Crippen molar-refractivity contribution in [3.05, 3.63) is 10.6 Å². The number of aliphatic hydroxyl groups is 1. The number of allylic oxidation sites excluding steroid dienone is 1. The molecule has 0 heterocycles. The molecule has 0 radical (unpaired) electrons. The Morgan fingerprint density at radius 3 is 2.00 bits per heavy atom. The number of aliphatic carboxylic acids is 1. The molecule has 0 saturated heterocycles. The lowest BCUT2D eigenvalue weighted by atomic mass is 9.90. The zero-order valence-corrected chi connectivity index (χ0v) is 10.1. The summed E-state index contributed by atoms with van der Waals surface area (Å²) in [6.45, 7) is 5.17. The number of hydrogen-bond donors (Lipinski definition) is 2. The molecule has 0 fully saturated rings. The van der Waals surface area contributed by atoms with Crippen molar-refractivity contribution in [2.45, 2.75) is 27.2 Å². The van der Waals surface area contributed by atoms with E-state index in [1.807, 2.05) is 13.8 Å². The van der Waals surface area contributed by atoms with Crippen molar-refractivity contribution < 1.29 is 15.0 Å². The van der Waals surface area contributed by atoms with Crippen molar-refractivity contribution in [2.24, 2.45) is 5.41 Å². The highest BCUT2D eigenvalue weighted by molar-refractivity contribution is 6.55. The van der Waals surface area contributed by atoms with Crippen LogP contribution in [-0.4, -0.2) is 22.8 Å². The summed E-state index contributed by atoms with van der Waals surface area (Å²) in [6, 6.07) is 0. The van der Waals surface area contributed by atoms with Crippen molar-refractivity contribution in [1.29, 1.82) is 0 Å². The third kappa shape index (κ3) is 17.7. The molecule has 84 valence electrons. The molecule has 0 aromatic carbocycles. The van der Waals surface area contributed by atoms with Gasteiger partial charge in [-0.25, -0.2) is 0 Å². The maximum Gasteiger partial charge on any atom is 0.300 e. The number of halogens is 2. The molecule has 14 heavy (non-hydrogen) atoms. The summed E-state index contributed by atoms with van der Waals surface area (Å²) in [5.41, 5.74) is -0.104. The van der Waals surface area contributed by atoms with Gasteiger partial charge in [-0.05, 0) is 17.9 Å². The van der Waals surface area contributed by atoms with Crippen LogP contribution < -0.4 is 0 Å². The van der Waals surface area contributed by atoms with Gasteiger partial charge in [0.25, 0.3) is 5.97 Å². The second-order valence-electron chi connectivity index (χ2n) is 3.42. The zero-order valence-electron chi connectivity index (χ0n) is 8.55. The van der Waals surface area contributed by atoms with Crippen LogP contribution in [0.5, 0.6) is 0 Å². The Bertz CT molecular complexity index is 192. The van der Waals surface area contributed by atoms with E-state index in [1.54, 1.807) is 6.08 Å². The first-order valence-electron chi connectivity index (χ1n) is 4.05. The maximum absolute atomic E-state index is 9.00. The molecule has 0 amide bonds. The fraction of sp³-hybridized carbons (Fsp3) is 0.667. The van der Waals surface area contributed by atoms with Gasteiger partial charge in [-0.2, -0.15) is 0 Å². The highest BCUT2D eigenvalue weighted by Gasteiger charge is 2.13. The van der Waals surface area contributed by atoms with E-state index in [1.165, 1.54) is 0 Å². The highest BCUT2D eigenvalue weighted by Crippen LogP contribution is 2.25. The molecular weight excluding hydrogens is 227 g/mol. The van der Waals surface area contributed by atoms with Crippen molar-refractivity contribution >= 4 is 29.2 Å². The van der Waals surface area contributed by atoms with Gasteiger partial charge in [0.2, 0.25) is 0 Å². The summed E-state index contributed by atoms with van der Waals surface area (Å²) in [7, 11) is 0. The van der Waals surface area contributed by atoms with Gasteiger partial charge in [0, 0.05) is 13.5 Å². The molecule has 0 rings (SSSR count). The molecule has 2 N–H and O–H groups in total. The number of carbonyl (C=O) groups is 1. The van der Waals surface area contributed by atoms with Crippen LogP contribution in [0.1, 0.15) is 27.2 Å². The normalized spacial score (nSPS) is 9.86. The van der Waals surface area contributed by atoms with E-state index in [2.05, 4.69) is 0 Å². The fourth-order valence-corrected chi connectivity index (χ4v) is 1.25. The van der Waals surface area contributed by atoms with E-state index in [4.69, 9.17) is 38.2 Å². The molecule has 0 aromatic heterocycles. The molecule has 5 heteroatoms. The van der Waals surface area contributed by atoms with Gasteiger partial charge in [-0.15, -0.1) is 0 Å². The lowest BCUT2D eigenvalue weighted by Gasteiger charge is -2.17. The molecule has 0 unspecified atom stereocenters. The monoisotopic (exact) mass is 242 g/mol. The summed E-state index contributed by atoms with van der Waals surface area (Å²) in [6.07, 6.45) is 2.41. The van der Waals surface area contributed by atoms with Crippen LogP contribution in [0, 0.1) is 5.41 Å². The van der Waals surface area contributed by atoms with E-state index in [9.17, 15) is 0 Å². The first-order chi connectivity index (χ1) is 6.21. The Morgan fingerprint density at radius 1 is 1.43 bits per heavy atom. The summed E-state index contributed by atoms with van der Waals surface area (Å²) >= 11 is 10.9. The summed E-state index contributed by atoms with van der Waals surface area (Å²) < 4.78 is 0.262. The topological polar surface area (TPSA) is 57.5 Å². The Kier molecular flexibility index (Phi) is 9.36. The maximum atomic E-state index is 9.00. The van der Waals surface area contributed by atoms with Gasteiger partial charge in [0.05, 0.1) is 0 Å². The molecule has 0 aliphatic heterocycles. The van der Waals surface area contributed by atoms with E-state index in [0.29, 0.717) is 6.42 Å². The van der Waals surface area contributed by atoms with Gasteiger partial charge >= 0.3 is 0 Å². The third-order valence-corrected chi connectivity index (χ3v) is 1.47. The van der Waals surface area contributed by atoms with Gasteiger partial charge in [-0.1, -0.05) is 37.0 Å². The summed E-state index contributed by atoms with van der Waals surface area (Å²) in [5, 5.41) is 16.0. The van der Waals surface area contributed by atoms with Crippen LogP contribution in [0.15, 0.2) is 10.6 Å². The zero-order chi connectivity index (χ0) is 11.8. The fourth-order valence-electron chi connectivity index (χ4n) is 0.656. The lowest BCUT2D eigenvalue weighted by molar-refractivity contribution is -0.134. The van der Waals surface area contributed by atoms with E-state index in [-0.39, 0.29) is 16.5 Å². The molecule has 0 bridgehead atoms. The first-order valence-corrected chi connectivity index (χ1v) is 4.81. The molecule has 0 atom stereocenters. The van der Waals surface area contributed by atoms with Crippen LogP contribution in [0.25, 0.3) is 0 Å². The summed E-state index contributed by atoms with van der Waals surface area (Å²) in [5.74, 6) is -0.833. The second-order valence-corrected chi connectivity index (χ2v) is 4.42. The predicted molar refractivity (Wildman–Crippen MR) is 58.6 cm³/mol. The molecule has 0 spiro atoms. The van der Waals surface area contributed by atoms with E-state index < -0.39 is 5.97 Å². The number of hydrogen-bond acceptors (Lipinski definition) is 2. The standard InChI is InChI=1S/C7H12Cl2O.C2H4O2/c1-7(2,3-4-10)5-6(8)9;1-2(3)4/h5,10H,3-4H2,1-2H3;1H3,(H,3,4). The molecule has 0 aliphatic rings. The van der Waals surface area contributed by atoms with Gasteiger partial charge in [0.15, 0.2) is 0 Å². The largest absolute Gasteiger partial charge is 0.481 e. The van der Waals surface area contributed by atoms with Crippen molar-refractivity contribution in [3.8, 4) is 0 Å². The van der Waals surface area contributed by atoms with Crippen molar-refractivity contribution in [2.75, 3.05) is 6.61 Å². The van der Waals surface area contributed by atoms with Gasteiger partial charge < -0.3 is 10.2 Å². The minimum Gasteiger partial charge on any atom is -0.481 e. The lowest BCUT2D eigenvalue weighted by Crippen LogP contribution is -2.09. The Balaban J connectivity index is 0. The number of rotatable bonds is 3. The van der Waals surface area contributed by atoms with Gasteiger partial charge in [0.1, 0.15) is 4.49 Å². The van der Waals surface area contributed by atoms with Crippen molar-refractivity contribution in [1.82, 2.24) is 0 Å². The van der Waals surface area contributed by atoms with Crippen LogP contribution in [0.3, 0.4) is 0 Å². The van der Waals surface area contributed by atoms with Crippen LogP contribution >= 0.6 is 23.2 Å². The highest BCUT2D eigenvalue weighted by atomic mass is 35.5.